The first kappa shape index (κ1) is 16.6. The summed E-state index contributed by atoms with van der Waals surface area (Å²) in [5.41, 5.74) is 2.35. The highest BCUT2D eigenvalue weighted by Gasteiger charge is 2.18. The zero-order valence-corrected chi connectivity index (χ0v) is 14.1. The second-order valence-electron chi connectivity index (χ2n) is 6.05. The van der Waals surface area contributed by atoms with Crippen LogP contribution >= 0.6 is 0 Å². The quantitative estimate of drug-likeness (QED) is 0.560. The predicted molar refractivity (Wildman–Crippen MR) is 93.9 cm³/mol. The van der Waals surface area contributed by atoms with Crippen molar-refractivity contribution in [1.82, 2.24) is 4.98 Å². The summed E-state index contributed by atoms with van der Waals surface area (Å²) < 4.78 is 5.64. The lowest BCUT2D eigenvalue weighted by atomic mass is 10.1. The summed E-state index contributed by atoms with van der Waals surface area (Å²) in [5.74, 6) is 0.388. The molecular weight excluding hydrogens is 322 g/mol. The van der Waals surface area contributed by atoms with Crippen LogP contribution in [0.15, 0.2) is 40.8 Å². The van der Waals surface area contributed by atoms with Gasteiger partial charge in [-0.25, -0.2) is 4.98 Å². The van der Waals surface area contributed by atoms with E-state index in [0.717, 1.165) is 0 Å². The molecule has 3 aromatic rings. The van der Waals surface area contributed by atoms with E-state index in [9.17, 15) is 14.9 Å². The highest BCUT2D eigenvalue weighted by molar-refractivity contribution is 6.06. The second-order valence-corrected chi connectivity index (χ2v) is 6.05. The van der Waals surface area contributed by atoms with Crippen LogP contribution in [-0.4, -0.2) is 15.8 Å². The van der Waals surface area contributed by atoms with Crippen molar-refractivity contribution in [1.29, 1.82) is 0 Å². The van der Waals surface area contributed by atoms with Gasteiger partial charge >= 0.3 is 0 Å². The summed E-state index contributed by atoms with van der Waals surface area (Å²) in [6.45, 7) is 5.53. The molecule has 2 aromatic carbocycles. The van der Waals surface area contributed by atoms with E-state index in [1.165, 1.54) is 12.1 Å². The number of oxazole rings is 1. The van der Waals surface area contributed by atoms with E-state index in [-0.39, 0.29) is 17.2 Å². The Kier molecular flexibility index (Phi) is 4.22. The van der Waals surface area contributed by atoms with Crippen LogP contribution in [0, 0.1) is 17.0 Å². The molecular formula is C18H17N3O4. The van der Waals surface area contributed by atoms with Crippen LogP contribution in [0.4, 0.5) is 11.4 Å². The Morgan fingerprint density at radius 3 is 2.72 bits per heavy atom. The first-order chi connectivity index (χ1) is 11.9. The van der Waals surface area contributed by atoms with Crippen molar-refractivity contribution in [2.75, 3.05) is 5.32 Å². The number of carbonyl (C=O) groups excluding carboxylic acids is 1. The molecule has 128 valence electrons. The summed E-state index contributed by atoms with van der Waals surface area (Å²) in [5, 5.41) is 13.8. The second kappa shape index (κ2) is 6.35. The molecule has 0 radical (unpaired) electrons. The average molecular weight is 339 g/mol. The predicted octanol–water partition coefficient (Wildman–Crippen LogP) is 4.42. The van der Waals surface area contributed by atoms with Gasteiger partial charge in [0, 0.05) is 28.8 Å². The molecule has 0 atom stereocenters. The van der Waals surface area contributed by atoms with Gasteiger partial charge in [-0.1, -0.05) is 19.9 Å². The monoisotopic (exact) mass is 339 g/mol. The average Bonchev–Trinajstić information content (AvgIpc) is 2.98. The van der Waals surface area contributed by atoms with E-state index in [4.69, 9.17) is 4.42 Å². The van der Waals surface area contributed by atoms with Crippen molar-refractivity contribution < 1.29 is 14.1 Å². The molecule has 0 aliphatic carbocycles. The van der Waals surface area contributed by atoms with E-state index in [1.54, 1.807) is 31.2 Å². The molecule has 7 heteroatoms. The normalized spacial score (nSPS) is 11.0. The minimum atomic E-state index is -0.499. The largest absolute Gasteiger partial charge is 0.440 e. The van der Waals surface area contributed by atoms with E-state index < -0.39 is 10.8 Å². The van der Waals surface area contributed by atoms with E-state index in [0.29, 0.717) is 28.2 Å². The molecule has 0 aliphatic heterocycles. The van der Waals surface area contributed by atoms with Gasteiger partial charge in [-0.15, -0.1) is 0 Å². The molecule has 0 unspecified atom stereocenters. The number of anilines is 1. The van der Waals surface area contributed by atoms with Crippen LogP contribution in [-0.2, 0) is 0 Å². The summed E-state index contributed by atoms with van der Waals surface area (Å²) in [6, 6.07) is 9.60. The summed E-state index contributed by atoms with van der Waals surface area (Å²) in [4.78, 5) is 27.4. The first-order valence-corrected chi connectivity index (χ1v) is 7.82. The highest BCUT2D eigenvalue weighted by Crippen LogP contribution is 2.25. The number of nitrogens with zero attached hydrogens (tertiary/aromatic N) is 2. The number of nitro groups is 1. The van der Waals surface area contributed by atoms with E-state index in [1.807, 2.05) is 13.8 Å². The van der Waals surface area contributed by atoms with Gasteiger partial charge in [-0.2, -0.15) is 0 Å². The van der Waals surface area contributed by atoms with Gasteiger partial charge in [0.05, 0.1) is 4.92 Å². The topological polar surface area (TPSA) is 98.3 Å². The Labute approximate surface area is 143 Å². The maximum atomic E-state index is 12.5. The molecule has 1 aromatic heterocycles. The van der Waals surface area contributed by atoms with Crippen LogP contribution in [0.1, 0.15) is 41.6 Å². The summed E-state index contributed by atoms with van der Waals surface area (Å²) in [6.07, 6.45) is 0. The number of aromatic nitrogens is 1. The summed E-state index contributed by atoms with van der Waals surface area (Å²) in [7, 11) is 0. The van der Waals surface area contributed by atoms with Crippen LogP contribution in [0.3, 0.4) is 0 Å². The van der Waals surface area contributed by atoms with Crippen LogP contribution in [0.2, 0.25) is 0 Å². The Bertz CT molecular complexity index is 976. The maximum absolute atomic E-state index is 12.5. The highest BCUT2D eigenvalue weighted by atomic mass is 16.6. The lowest BCUT2D eigenvalue weighted by Crippen LogP contribution is -2.14. The number of carbonyl (C=O) groups is 1. The fourth-order valence-corrected chi connectivity index (χ4v) is 2.54. The molecule has 1 amide bonds. The zero-order valence-electron chi connectivity index (χ0n) is 14.1. The van der Waals surface area contributed by atoms with Gasteiger partial charge in [0.2, 0.25) is 0 Å². The molecule has 25 heavy (non-hydrogen) atoms. The van der Waals surface area contributed by atoms with Crippen molar-refractivity contribution in [2.24, 2.45) is 0 Å². The SMILES string of the molecule is Cc1c(C(=O)Nc2ccc3oc(C(C)C)nc3c2)cccc1[N+](=O)[O-]. The van der Waals surface area contributed by atoms with E-state index in [2.05, 4.69) is 10.3 Å². The van der Waals surface area contributed by atoms with Gasteiger partial charge in [0.15, 0.2) is 11.5 Å². The minimum absolute atomic E-state index is 0.0822. The lowest BCUT2D eigenvalue weighted by molar-refractivity contribution is -0.385. The molecule has 0 saturated heterocycles. The Morgan fingerprint density at radius 2 is 2.04 bits per heavy atom. The number of nitro benzene ring substituents is 1. The maximum Gasteiger partial charge on any atom is 0.273 e. The van der Waals surface area contributed by atoms with Gasteiger partial charge in [0.1, 0.15) is 5.52 Å². The van der Waals surface area contributed by atoms with Crippen LogP contribution in [0.5, 0.6) is 0 Å². The molecule has 0 fully saturated rings. The molecule has 0 bridgehead atoms. The van der Waals surface area contributed by atoms with Gasteiger partial charge in [0.25, 0.3) is 11.6 Å². The molecule has 0 saturated carbocycles. The van der Waals surface area contributed by atoms with Crippen LogP contribution < -0.4 is 5.32 Å². The zero-order chi connectivity index (χ0) is 18.1. The molecule has 7 nitrogen and oxygen atoms in total. The van der Waals surface area contributed by atoms with Crippen molar-refractivity contribution >= 4 is 28.4 Å². The van der Waals surface area contributed by atoms with Crippen molar-refractivity contribution in [3.05, 3.63) is 63.5 Å². The third-order valence-corrected chi connectivity index (χ3v) is 3.90. The van der Waals surface area contributed by atoms with Crippen molar-refractivity contribution in [2.45, 2.75) is 26.7 Å². The minimum Gasteiger partial charge on any atom is -0.440 e. The van der Waals surface area contributed by atoms with Crippen LogP contribution in [0.25, 0.3) is 11.1 Å². The molecule has 0 spiro atoms. The fraction of sp³-hybridized carbons (Fsp3) is 0.222. The van der Waals surface area contributed by atoms with Crippen molar-refractivity contribution in [3.8, 4) is 0 Å². The number of rotatable bonds is 4. The third kappa shape index (κ3) is 3.21. The standard InChI is InChI=1S/C18H17N3O4/c1-10(2)18-20-14-9-12(7-8-16(14)25-18)19-17(22)13-5-4-6-15(11(13)3)21(23)24/h4-10H,1-3H3,(H,19,22). The smallest absolute Gasteiger partial charge is 0.273 e. The van der Waals surface area contributed by atoms with E-state index >= 15 is 0 Å². The van der Waals surface area contributed by atoms with Gasteiger partial charge in [-0.3, -0.25) is 14.9 Å². The van der Waals surface area contributed by atoms with Gasteiger partial charge in [-0.05, 0) is 31.2 Å². The van der Waals surface area contributed by atoms with Crippen molar-refractivity contribution in [3.63, 3.8) is 0 Å². The summed E-state index contributed by atoms with van der Waals surface area (Å²) >= 11 is 0. The molecule has 1 heterocycles. The molecule has 0 aliphatic rings. The number of benzene rings is 2. The Morgan fingerprint density at radius 1 is 1.28 bits per heavy atom. The molecule has 1 N–H and O–H groups in total. The molecule has 3 rings (SSSR count). The number of fused-ring (bicyclic) bond motifs is 1. The Hall–Kier alpha value is -3.22. The first-order valence-electron chi connectivity index (χ1n) is 7.82. The third-order valence-electron chi connectivity index (χ3n) is 3.90. The number of hydrogen-bond acceptors (Lipinski definition) is 5. The lowest BCUT2D eigenvalue weighted by Gasteiger charge is -2.07. The van der Waals surface area contributed by atoms with Gasteiger partial charge < -0.3 is 9.73 Å². The number of hydrogen-bond donors (Lipinski definition) is 1. The fourth-order valence-electron chi connectivity index (χ4n) is 2.54. The number of nitrogens with one attached hydrogen (secondary N) is 1. The number of amides is 1. The Balaban J connectivity index is 1.89.